The van der Waals surface area contributed by atoms with E-state index in [2.05, 4.69) is 27.4 Å². The Kier molecular flexibility index (Phi) is 6.18. The SMILES string of the molecule is Nc1nc(Nc2cccc(Cl)c2)nc(N2CCC(Cc3ccccc3)CC2)c1[N+](=O)[O-]. The monoisotopic (exact) mass is 438 g/mol. The fourth-order valence-electron chi connectivity index (χ4n) is 3.90. The molecule has 0 atom stereocenters. The van der Waals surface area contributed by atoms with Gasteiger partial charge in [-0.25, -0.2) is 0 Å². The first kappa shape index (κ1) is 20.9. The lowest BCUT2D eigenvalue weighted by Crippen LogP contribution is -2.35. The summed E-state index contributed by atoms with van der Waals surface area (Å²) in [6.07, 6.45) is 2.85. The van der Waals surface area contributed by atoms with Gasteiger partial charge in [0.25, 0.3) is 0 Å². The van der Waals surface area contributed by atoms with Gasteiger partial charge in [0.2, 0.25) is 17.6 Å². The largest absolute Gasteiger partial charge is 0.378 e. The predicted octanol–water partition coefficient (Wildman–Crippen LogP) is 4.82. The van der Waals surface area contributed by atoms with E-state index in [1.807, 2.05) is 29.2 Å². The fraction of sp³-hybridized carbons (Fsp3) is 0.273. The maximum atomic E-state index is 11.7. The maximum Gasteiger partial charge on any atom is 0.353 e. The molecule has 3 aromatic rings. The maximum absolute atomic E-state index is 11.7. The summed E-state index contributed by atoms with van der Waals surface area (Å²) >= 11 is 6.03. The number of piperidine rings is 1. The molecule has 0 radical (unpaired) electrons. The number of nitrogen functional groups attached to an aromatic ring is 1. The summed E-state index contributed by atoms with van der Waals surface area (Å²) in [7, 11) is 0. The van der Waals surface area contributed by atoms with Crippen LogP contribution in [0.1, 0.15) is 18.4 Å². The minimum atomic E-state index is -0.510. The number of nitrogens with one attached hydrogen (secondary N) is 1. The second-order valence-electron chi connectivity index (χ2n) is 7.62. The van der Waals surface area contributed by atoms with Gasteiger partial charge in [0, 0.05) is 23.8 Å². The number of rotatable bonds is 6. The Hall–Kier alpha value is -3.39. The summed E-state index contributed by atoms with van der Waals surface area (Å²) < 4.78 is 0. The number of benzene rings is 2. The molecule has 8 nitrogen and oxygen atoms in total. The van der Waals surface area contributed by atoms with Crippen LogP contribution in [-0.2, 0) is 6.42 Å². The Morgan fingerprint density at radius 2 is 1.87 bits per heavy atom. The molecule has 0 aliphatic carbocycles. The molecule has 4 rings (SSSR count). The van der Waals surface area contributed by atoms with E-state index in [0.29, 0.717) is 29.7 Å². The van der Waals surface area contributed by atoms with Gasteiger partial charge >= 0.3 is 5.69 Å². The lowest BCUT2D eigenvalue weighted by atomic mass is 9.90. The van der Waals surface area contributed by atoms with Crippen molar-refractivity contribution >= 4 is 40.6 Å². The molecule has 0 unspecified atom stereocenters. The highest BCUT2D eigenvalue weighted by molar-refractivity contribution is 6.30. The standard InChI is InChI=1S/C22H23ClN6O2/c23-17-7-4-8-18(14-17)25-22-26-20(24)19(29(30)31)21(27-22)28-11-9-16(10-12-28)13-15-5-2-1-3-6-15/h1-8,14,16H,9-13H2,(H3,24,25,26,27). The zero-order valence-corrected chi connectivity index (χ0v) is 17.6. The molecule has 1 saturated heterocycles. The highest BCUT2D eigenvalue weighted by Gasteiger charge is 2.30. The molecule has 0 spiro atoms. The van der Waals surface area contributed by atoms with Crippen molar-refractivity contribution < 1.29 is 4.92 Å². The van der Waals surface area contributed by atoms with Crippen LogP contribution in [0.3, 0.4) is 0 Å². The molecule has 1 aromatic heterocycles. The molecule has 0 bridgehead atoms. The summed E-state index contributed by atoms with van der Waals surface area (Å²) in [5.41, 5.74) is 7.69. The molecule has 31 heavy (non-hydrogen) atoms. The molecule has 0 saturated carbocycles. The quantitative estimate of drug-likeness (QED) is 0.419. The van der Waals surface area contributed by atoms with Gasteiger partial charge in [-0.15, -0.1) is 0 Å². The van der Waals surface area contributed by atoms with Crippen LogP contribution in [0.5, 0.6) is 0 Å². The normalized spacial score (nSPS) is 14.4. The van der Waals surface area contributed by atoms with Crippen LogP contribution in [0.2, 0.25) is 5.02 Å². The summed E-state index contributed by atoms with van der Waals surface area (Å²) in [5.74, 6) is 0.818. The first-order valence-corrected chi connectivity index (χ1v) is 10.5. The van der Waals surface area contributed by atoms with Crippen molar-refractivity contribution in [3.8, 4) is 0 Å². The average Bonchev–Trinajstić information content (AvgIpc) is 2.74. The van der Waals surface area contributed by atoms with Crippen LogP contribution in [0.25, 0.3) is 0 Å². The lowest BCUT2D eigenvalue weighted by molar-refractivity contribution is -0.383. The van der Waals surface area contributed by atoms with Gasteiger partial charge in [0.15, 0.2) is 0 Å². The molecular formula is C22H23ClN6O2. The Morgan fingerprint density at radius 1 is 1.13 bits per heavy atom. The molecule has 1 aliphatic rings. The van der Waals surface area contributed by atoms with Crippen molar-refractivity contribution in [3.63, 3.8) is 0 Å². The topological polar surface area (TPSA) is 110 Å². The zero-order chi connectivity index (χ0) is 21.8. The van der Waals surface area contributed by atoms with E-state index in [1.54, 1.807) is 18.2 Å². The number of nitrogens with zero attached hydrogens (tertiary/aromatic N) is 4. The van der Waals surface area contributed by atoms with Crippen molar-refractivity contribution in [2.24, 2.45) is 5.92 Å². The van der Waals surface area contributed by atoms with Crippen molar-refractivity contribution in [1.29, 1.82) is 0 Å². The van der Waals surface area contributed by atoms with E-state index in [4.69, 9.17) is 17.3 Å². The van der Waals surface area contributed by atoms with Crippen LogP contribution >= 0.6 is 11.6 Å². The lowest BCUT2D eigenvalue weighted by Gasteiger charge is -2.32. The van der Waals surface area contributed by atoms with E-state index in [1.165, 1.54) is 5.56 Å². The Labute approximate surface area is 185 Å². The van der Waals surface area contributed by atoms with Gasteiger partial charge in [-0.1, -0.05) is 48.0 Å². The molecule has 3 N–H and O–H groups in total. The van der Waals surface area contributed by atoms with Crippen LogP contribution < -0.4 is 16.0 Å². The van der Waals surface area contributed by atoms with Gasteiger partial charge < -0.3 is 16.0 Å². The van der Waals surface area contributed by atoms with Gasteiger partial charge in [-0.3, -0.25) is 10.1 Å². The van der Waals surface area contributed by atoms with Gasteiger partial charge in [0.1, 0.15) is 0 Å². The molecule has 2 heterocycles. The van der Waals surface area contributed by atoms with Crippen molar-refractivity contribution in [3.05, 3.63) is 75.3 Å². The number of nitro groups is 1. The number of anilines is 4. The first-order chi connectivity index (χ1) is 15.0. The summed E-state index contributed by atoms with van der Waals surface area (Å²) in [4.78, 5) is 21.6. The zero-order valence-electron chi connectivity index (χ0n) is 16.9. The van der Waals surface area contributed by atoms with E-state index in [9.17, 15) is 10.1 Å². The van der Waals surface area contributed by atoms with Crippen LogP contribution in [0.15, 0.2) is 54.6 Å². The van der Waals surface area contributed by atoms with Crippen molar-refractivity contribution in [2.75, 3.05) is 29.0 Å². The highest BCUT2D eigenvalue weighted by atomic mass is 35.5. The van der Waals surface area contributed by atoms with Crippen LogP contribution in [0.4, 0.5) is 29.0 Å². The minimum absolute atomic E-state index is 0.161. The van der Waals surface area contributed by atoms with Crippen molar-refractivity contribution in [2.45, 2.75) is 19.3 Å². The minimum Gasteiger partial charge on any atom is -0.378 e. The highest BCUT2D eigenvalue weighted by Crippen LogP contribution is 2.35. The van der Waals surface area contributed by atoms with Crippen molar-refractivity contribution in [1.82, 2.24) is 9.97 Å². The fourth-order valence-corrected chi connectivity index (χ4v) is 4.09. The molecular weight excluding hydrogens is 416 g/mol. The number of aromatic nitrogens is 2. The Morgan fingerprint density at radius 3 is 2.55 bits per heavy atom. The molecule has 1 aliphatic heterocycles. The van der Waals surface area contributed by atoms with Crippen LogP contribution in [0, 0.1) is 16.0 Å². The van der Waals surface area contributed by atoms with E-state index in [0.717, 1.165) is 19.3 Å². The van der Waals surface area contributed by atoms with Crippen LogP contribution in [-0.4, -0.2) is 28.0 Å². The third kappa shape index (κ3) is 5.03. The smallest absolute Gasteiger partial charge is 0.353 e. The molecule has 9 heteroatoms. The number of hydrogen-bond acceptors (Lipinski definition) is 7. The van der Waals surface area contributed by atoms with Gasteiger partial charge in [-0.2, -0.15) is 9.97 Å². The third-order valence-electron chi connectivity index (χ3n) is 5.44. The number of halogens is 1. The van der Waals surface area contributed by atoms with E-state index >= 15 is 0 Å². The molecule has 0 amide bonds. The number of hydrogen-bond donors (Lipinski definition) is 2. The Balaban J connectivity index is 1.53. The molecule has 2 aromatic carbocycles. The summed E-state index contributed by atoms with van der Waals surface area (Å²) in [5, 5.41) is 15.3. The third-order valence-corrected chi connectivity index (χ3v) is 5.67. The average molecular weight is 439 g/mol. The van der Waals surface area contributed by atoms with E-state index < -0.39 is 4.92 Å². The second-order valence-corrected chi connectivity index (χ2v) is 8.05. The second kappa shape index (κ2) is 9.18. The number of nitrogens with two attached hydrogens (primary N) is 1. The molecule has 1 fully saturated rings. The predicted molar refractivity (Wildman–Crippen MR) is 123 cm³/mol. The molecule has 160 valence electrons. The summed E-state index contributed by atoms with van der Waals surface area (Å²) in [6, 6.07) is 17.4. The van der Waals surface area contributed by atoms with Gasteiger partial charge in [-0.05, 0) is 48.9 Å². The van der Waals surface area contributed by atoms with Gasteiger partial charge in [0.05, 0.1) is 4.92 Å². The van der Waals surface area contributed by atoms with E-state index in [-0.39, 0.29) is 23.3 Å². The first-order valence-electron chi connectivity index (χ1n) is 10.1. The summed E-state index contributed by atoms with van der Waals surface area (Å²) in [6.45, 7) is 1.34. The Bertz CT molecular complexity index is 1070.